The number of hydrogen-bond acceptors (Lipinski definition) is 3. The fourth-order valence-electron chi connectivity index (χ4n) is 2.13. The SMILES string of the molecule is NCc1ccc(COc2cnc3ccccc3c2)c(F)c1. The van der Waals surface area contributed by atoms with Crippen LogP contribution >= 0.6 is 0 Å². The fourth-order valence-corrected chi connectivity index (χ4v) is 2.13. The van der Waals surface area contributed by atoms with Gasteiger partial charge in [0.1, 0.15) is 18.2 Å². The first kappa shape index (κ1) is 13.5. The Balaban J connectivity index is 1.77. The van der Waals surface area contributed by atoms with Crippen LogP contribution in [0.15, 0.2) is 54.7 Å². The van der Waals surface area contributed by atoms with Gasteiger partial charge < -0.3 is 10.5 Å². The normalized spacial score (nSPS) is 10.8. The molecule has 0 unspecified atom stereocenters. The molecule has 0 aliphatic rings. The number of ether oxygens (including phenoxy) is 1. The second kappa shape index (κ2) is 5.89. The minimum Gasteiger partial charge on any atom is -0.487 e. The summed E-state index contributed by atoms with van der Waals surface area (Å²) < 4.78 is 19.5. The van der Waals surface area contributed by atoms with Crippen LogP contribution in [0, 0.1) is 5.82 Å². The second-order valence-electron chi connectivity index (χ2n) is 4.78. The lowest BCUT2D eigenvalue weighted by molar-refractivity contribution is 0.299. The van der Waals surface area contributed by atoms with Crippen LogP contribution < -0.4 is 10.5 Å². The van der Waals surface area contributed by atoms with E-state index in [2.05, 4.69) is 4.98 Å². The lowest BCUT2D eigenvalue weighted by Gasteiger charge is -2.08. The highest BCUT2D eigenvalue weighted by molar-refractivity contribution is 5.79. The van der Waals surface area contributed by atoms with E-state index in [0.717, 1.165) is 16.5 Å². The van der Waals surface area contributed by atoms with E-state index < -0.39 is 0 Å². The van der Waals surface area contributed by atoms with Crippen molar-refractivity contribution in [1.29, 1.82) is 0 Å². The first-order chi connectivity index (χ1) is 10.3. The van der Waals surface area contributed by atoms with Gasteiger partial charge in [-0.1, -0.05) is 30.3 Å². The second-order valence-corrected chi connectivity index (χ2v) is 4.78. The molecular formula is C17H15FN2O. The highest BCUT2D eigenvalue weighted by atomic mass is 19.1. The topological polar surface area (TPSA) is 48.1 Å². The summed E-state index contributed by atoms with van der Waals surface area (Å²) in [5.41, 5.74) is 7.65. The number of hydrogen-bond donors (Lipinski definition) is 1. The summed E-state index contributed by atoms with van der Waals surface area (Å²) in [5.74, 6) is 0.322. The number of nitrogens with two attached hydrogens (primary N) is 1. The largest absolute Gasteiger partial charge is 0.487 e. The zero-order chi connectivity index (χ0) is 14.7. The van der Waals surface area contributed by atoms with Crippen molar-refractivity contribution in [3.8, 4) is 5.75 Å². The molecule has 4 heteroatoms. The van der Waals surface area contributed by atoms with Gasteiger partial charge >= 0.3 is 0 Å². The molecule has 0 saturated carbocycles. The zero-order valence-corrected chi connectivity index (χ0v) is 11.4. The molecule has 1 heterocycles. The molecule has 3 rings (SSSR count). The molecule has 2 N–H and O–H groups in total. The quantitative estimate of drug-likeness (QED) is 0.797. The Kier molecular flexibility index (Phi) is 3.79. The molecule has 0 amide bonds. The number of para-hydroxylation sites is 1. The highest BCUT2D eigenvalue weighted by Crippen LogP contribution is 2.19. The molecule has 0 aliphatic carbocycles. The Labute approximate surface area is 122 Å². The summed E-state index contributed by atoms with van der Waals surface area (Å²) in [7, 11) is 0. The van der Waals surface area contributed by atoms with Gasteiger partial charge in [-0.05, 0) is 23.8 Å². The molecule has 0 atom stereocenters. The van der Waals surface area contributed by atoms with Gasteiger partial charge in [0.15, 0.2) is 0 Å². The standard InChI is InChI=1S/C17H15FN2O/c18-16-7-12(9-19)5-6-14(16)11-21-15-8-13-3-1-2-4-17(13)20-10-15/h1-8,10H,9,11,19H2. The highest BCUT2D eigenvalue weighted by Gasteiger charge is 2.05. The number of aromatic nitrogens is 1. The molecular weight excluding hydrogens is 267 g/mol. The Hall–Kier alpha value is -2.46. The minimum atomic E-state index is -0.299. The molecule has 0 spiro atoms. The van der Waals surface area contributed by atoms with Crippen LogP contribution in [0.4, 0.5) is 4.39 Å². The summed E-state index contributed by atoms with van der Waals surface area (Å²) in [6.07, 6.45) is 1.65. The number of halogens is 1. The Bertz CT molecular complexity index is 774. The third kappa shape index (κ3) is 3.01. The van der Waals surface area contributed by atoms with E-state index in [4.69, 9.17) is 10.5 Å². The Morgan fingerprint density at radius 2 is 1.95 bits per heavy atom. The number of rotatable bonds is 4. The summed E-state index contributed by atoms with van der Waals surface area (Å²) in [4.78, 5) is 4.31. The van der Waals surface area contributed by atoms with E-state index in [1.807, 2.05) is 30.3 Å². The Morgan fingerprint density at radius 3 is 2.76 bits per heavy atom. The number of benzene rings is 2. The van der Waals surface area contributed by atoms with Gasteiger partial charge in [-0.15, -0.1) is 0 Å². The summed E-state index contributed by atoms with van der Waals surface area (Å²) in [5, 5.41) is 0.994. The Morgan fingerprint density at radius 1 is 1.10 bits per heavy atom. The molecule has 1 aromatic heterocycles. The predicted molar refractivity (Wildman–Crippen MR) is 80.4 cm³/mol. The van der Waals surface area contributed by atoms with Crippen molar-refractivity contribution in [2.75, 3.05) is 0 Å². The van der Waals surface area contributed by atoms with E-state index in [0.29, 0.717) is 17.9 Å². The van der Waals surface area contributed by atoms with Gasteiger partial charge in [0.2, 0.25) is 0 Å². The van der Waals surface area contributed by atoms with Crippen molar-refractivity contribution in [2.24, 2.45) is 5.73 Å². The van der Waals surface area contributed by atoms with E-state index >= 15 is 0 Å². The summed E-state index contributed by atoms with van der Waals surface area (Å²) in [6, 6.07) is 14.6. The van der Waals surface area contributed by atoms with Gasteiger partial charge in [0.25, 0.3) is 0 Å². The summed E-state index contributed by atoms with van der Waals surface area (Å²) >= 11 is 0. The van der Waals surface area contributed by atoms with Gasteiger partial charge in [-0.25, -0.2) is 4.39 Å². The summed E-state index contributed by atoms with van der Waals surface area (Å²) in [6.45, 7) is 0.489. The average Bonchev–Trinajstić information content (AvgIpc) is 2.53. The monoisotopic (exact) mass is 282 g/mol. The number of nitrogens with zero attached hydrogens (tertiary/aromatic N) is 1. The molecule has 0 aliphatic heterocycles. The molecule has 0 radical (unpaired) electrons. The smallest absolute Gasteiger partial charge is 0.138 e. The first-order valence-corrected chi connectivity index (χ1v) is 6.71. The maximum Gasteiger partial charge on any atom is 0.138 e. The van der Waals surface area contributed by atoms with E-state index in [1.165, 1.54) is 6.07 Å². The molecule has 0 bridgehead atoms. The van der Waals surface area contributed by atoms with E-state index in [1.54, 1.807) is 18.3 Å². The molecule has 0 saturated heterocycles. The maximum absolute atomic E-state index is 13.8. The van der Waals surface area contributed by atoms with Crippen LogP contribution in [-0.2, 0) is 13.2 Å². The lowest BCUT2D eigenvalue weighted by atomic mass is 10.1. The van der Waals surface area contributed by atoms with Crippen LogP contribution in [0.3, 0.4) is 0 Å². The third-order valence-corrected chi connectivity index (χ3v) is 3.31. The number of fused-ring (bicyclic) bond motifs is 1. The van der Waals surface area contributed by atoms with Crippen molar-refractivity contribution >= 4 is 10.9 Å². The molecule has 3 aromatic rings. The molecule has 2 aromatic carbocycles. The van der Waals surface area contributed by atoms with Crippen LogP contribution in [0.5, 0.6) is 5.75 Å². The predicted octanol–water partition coefficient (Wildman–Crippen LogP) is 3.41. The van der Waals surface area contributed by atoms with Gasteiger partial charge in [0, 0.05) is 17.5 Å². The lowest BCUT2D eigenvalue weighted by Crippen LogP contribution is -2.02. The van der Waals surface area contributed by atoms with Gasteiger partial charge in [-0.3, -0.25) is 4.98 Å². The maximum atomic E-state index is 13.8. The van der Waals surface area contributed by atoms with Crippen LogP contribution in [0.1, 0.15) is 11.1 Å². The molecule has 106 valence electrons. The molecule has 21 heavy (non-hydrogen) atoms. The number of pyridine rings is 1. The fraction of sp³-hybridized carbons (Fsp3) is 0.118. The van der Waals surface area contributed by atoms with Crippen LogP contribution in [0.25, 0.3) is 10.9 Å². The van der Waals surface area contributed by atoms with Crippen molar-refractivity contribution < 1.29 is 9.13 Å². The third-order valence-electron chi connectivity index (χ3n) is 3.31. The van der Waals surface area contributed by atoms with Crippen molar-refractivity contribution in [2.45, 2.75) is 13.2 Å². The zero-order valence-electron chi connectivity index (χ0n) is 11.4. The van der Waals surface area contributed by atoms with Crippen LogP contribution in [0.2, 0.25) is 0 Å². The van der Waals surface area contributed by atoms with Crippen LogP contribution in [-0.4, -0.2) is 4.98 Å². The van der Waals surface area contributed by atoms with Gasteiger partial charge in [-0.2, -0.15) is 0 Å². The van der Waals surface area contributed by atoms with Crippen molar-refractivity contribution in [3.63, 3.8) is 0 Å². The molecule has 3 nitrogen and oxygen atoms in total. The average molecular weight is 282 g/mol. The van der Waals surface area contributed by atoms with E-state index in [9.17, 15) is 4.39 Å². The van der Waals surface area contributed by atoms with Crippen molar-refractivity contribution in [3.05, 3.63) is 71.7 Å². The first-order valence-electron chi connectivity index (χ1n) is 6.71. The van der Waals surface area contributed by atoms with Gasteiger partial charge in [0.05, 0.1) is 11.7 Å². The van der Waals surface area contributed by atoms with E-state index in [-0.39, 0.29) is 12.4 Å². The van der Waals surface area contributed by atoms with Crippen molar-refractivity contribution in [1.82, 2.24) is 4.98 Å². The molecule has 0 fully saturated rings. The minimum absolute atomic E-state index is 0.163.